The van der Waals surface area contributed by atoms with Crippen molar-refractivity contribution in [1.82, 2.24) is 10.2 Å². The van der Waals surface area contributed by atoms with Crippen molar-refractivity contribution in [2.24, 2.45) is 17.1 Å². The average molecular weight is 345 g/mol. The van der Waals surface area contributed by atoms with Crippen molar-refractivity contribution in [3.63, 3.8) is 0 Å². The number of carbonyl (C=O) groups is 2. The molecule has 1 aromatic rings. The van der Waals surface area contributed by atoms with E-state index in [0.717, 1.165) is 18.4 Å². The van der Waals surface area contributed by atoms with Gasteiger partial charge in [0, 0.05) is 19.5 Å². The molecule has 0 radical (unpaired) electrons. The molecule has 5 nitrogen and oxygen atoms in total. The van der Waals surface area contributed by atoms with Crippen LogP contribution in [0.15, 0.2) is 24.3 Å². The average Bonchev–Trinajstić information content (AvgIpc) is 2.52. The van der Waals surface area contributed by atoms with E-state index in [1.165, 1.54) is 5.56 Å². The largest absolute Gasteiger partial charge is 0.370 e. The van der Waals surface area contributed by atoms with E-state index in [9.17, 15) is 9.59 Å². The molecule has 1 fully saturated rings. The number of nitrogens with one attached hydrogen (secondary N) is 1. The molecule has 3 N–H and O–H groups in total. The summed E-state index contributed by atoms with van der Waals surface area (Å²) in [6.07, 6.45) is 2.09. The zero-order valence-electron chi connectivity index (χ0n) is 15.8. The first-order chi connectivity index (χ1) is 11.7. The molecule has 25 heavy (non-hydrogen) atoms. The van der Waals surface area contributed by atoms with Crippen LogP contribution in [0.1, 0.15) is 57.2 Å². The molecule has 5 heteroatoms. The summed E-state index contributed by atoms with van der Waals surface area (Å²) >= 11 is 0. The molecule has 0 bridgehead atoms. The third-order valence-electron chi connectivity index (χ3n) is 5.02. The van der Waals surface area contributed by atoms with Gasteiger partial charge in [0.15, 0.2) is 0 Å². The first-order valence-corrected chi connectivity index (χ1v) is 9.07. The minimum absolute atomic E-state index is 0.0271. The third kappa shape index (κ3) is 5.21. The van der Waals surface area contributed by atoms with E-state index in [-0.39, 0.29) is 23.4 Å². The van der Waals surface area contributed by atoms with Crippen molar-refractivity contribution in [2.75, 3.05) is 13.1 Å². The topological polar surface area (TPSA) is 75.4 Å². The van der Waals surface area contributed by atoms with Gasteiger partial charge in [0.2, 0.25) is 5.91 Å². The number of nitrogens with zero attached hydrogens (tertiary/aromatic N) is 1. The maximum Gasteiger partial charge on any atom is 0.317 e. The molecule has 1 saturated heterocycles. The minimum atomic E-state index is -0.254. The number of hydrogen-bond donors (Lipinski definition) is 2. The Hall–Kier alpha value is -2.04. The lowest BCUT2D eigenvalue weighted by Crippen LogP contribution is -2.48. The highest BCUT2D eigenvalue weighted by molar-refractivity contribution is 5.75. The second-order valence-corrected chi connectivity index (χ2v) is 8.21. The fourth-order valence-corrected chi connectivity index (χ4v) is 3.51. The summed E-state index contributed by atoms with van der Waals surface area (Å²) in [5.41, 5.74) is 7.53. The van der Waals surface area contributed by atoms with Crippen LogP contribution in [-0.2, 0) is 4.79 Å². The van der Waals surface area contributed by atoms with Crippen molar-refractivity contribution >= 4 is 11.9 Å². The quantitative estimate of drug-likeness (QED) is 0.878. The summed E-state index contributed by atoms with van der Waals surface area (Å²) in [5, 5.41) is 3.23. The number of piperidine rings is 1. The van der Waals surface area contributed by atoms with Gasteiger partial charge in [-0.1, -0.05) is 45.0 Å². The van der Waals surface area contributed by atoms with Crippen LogP contribution in [-0.4, -0.2) is 29.9 Å². The van der Waals surface area contributed by atoms with Crippen LogP contribution in [0.5, 0.6) is 0 Å². The Kier molecular flexibility index (Phi) is 6.09. The van der Waals surface area contributed by atoms with Crippen molar-refractivity contribution in [3.8, 4) is 0 Å². The summed E-state index contributed by atoms with van der Waals surface area (Å²) in [4.78, 5) is 25.7. The SMILES string of the molecule is Cc1ccccc1[C@@H](NC(=O)N1CCC(CC(N)=O)CC1)C(C)(C)C. The number of nitrogens with two attached hydrogens (primary N) is 1. The Balaban J connectivity index is 2.04. The van der Waals surface area contributed by atoms with Crippen molar-refractivity contribution in [2.45, 2.75) is 53.0 Å². The third-order valence-corrected chi connectivity index (χ3v) is 5.02. The van der Waals surface area contributed by atoms with Gasteiger partial charge in [0.1, 0.15) is 0 Å². The van der Waals surface area contributed by atoms with Crippen LogP contribution in [0.2, 0.25) is 0 Å². The van der Waals surface area contributed by atoms with Gasteiger partial charge < -0.3 is 16.0 Å². The predicted octanol–water partition coefficient (Wildman–Crippen LogP) is 3.38. The second kappa shape index (κ2) is 7.89. The molecule has 1 aliphatic heterocycles. The van der Waals surface area contributed by atoms with Crippen LogP contribution in [0.4, 0.5) is 4.79 Å². The van der Waals surface area contributed by atoms with E-state index < -0.39 is 0 Å². The summed E-state index contributed by atoms with van der Waals surface area (Å²) < 4.78 is 0. The molecule has 1 aromatic carbocycles. The molecule has 3 amide bonds. The van der Waals surface area contributed by atoms with Gasteiger partial charge in [-0.25, -0.2) is 4.79 Å². The second-order valence-electron chi connectivity index (χ2n) is 8.21. The van der Waals surface area contributed by atoms with Crippen LogP contribution < -0.4 is 11.1 Å². The van der Waals surface area contributed by atoms with Crippen LogP contribution in [0.3, 0.4) is 0 Å². The number of benzene rings is 1. The fourth-order valence-electron chi connectivity index (χ4n) is 3.51. The monoisotopic (exact) mass is 345 g/mol. The molecule has 1 atom stereocenters. The molecular formula is C20H31N3O2. The number of carbonyl (C=O) groups excluding carboxylic acids is 2. The molecule has 0 saturated carbocycles. The smallest absolute Gasteiger partial charge is 0.317 e. The van der Waals surface area contributed by atoms with Crippen LogP contribution >= 0.6 is 0 Å². The number of hydrogen-bond acceptors (Lipinski definition) is 2. The number of urea groups is 1. The lowest BCUT2D eigenvalue weighted by atomic mass is 9.81. The van der Waals surface area contributed by atoms with Crippen LogP contribution in [0.25, 0.3) is 0 Å². The van der Waals surface area contributed by atoms with Crippen molar-refractivity contribution < 1.29 is 9.59 Å². The molecule has 1 aliphatic rings. The van der Waals surface area contributed by atoms with E-state index in [1.807, 2.05) is 17.0 Å². The van der Waals surface area contributed by atoms with Crippen LogP contribution in [0, 0.1) is 18.3 Å². The first kappa shape index (κ1) is 19.3. The van der Waals surface area contributed by atoms with E-state index in [2.05, 4.69) is 45.1 Å². The summed E-state index contributed by atoms with van der Waals surface area (Å²) in [7, 11) is 0. The predicted molar refractivity (Wildman–Crippen MR) is 100 cm³/mol. The van der Waals surface area contributed by atoms with Gasteiger partial charge in [-0.3, -0.25) is 4.79 Å². The summed E-state index contributed by atoms with van der Waals surface area (Å²) in [5.74, 6) is 0.0478. The molecular weight excluding hydrogens is 314 g/mol. The molecule has 0 unspecified atom stereocenters. The summed E-state index contributed by atoms with van der Waals surface area (Å²) in [6.45, 7) is 9.86. The van der Waals surface area contributed by atoms with E-state index in [0.29, 0.717) is 25.4 Å². The highest BCUT2D eigenvalue weighted by Gasteiger charge is 2.31. The van der Waals surface area contributed by atoms with Crippen molar-refractivity contribution in [1.29, 1.82) is 0 Å². The zero-order chi connectivity index (χ0) is 18.6. The number of amides is 3. The summed E-state index contributed by atoms with van der Waals surface area (Å²) in [6, 6.07) is 8.12. The van der Waals surface area contributed by atoms with Gasteiger partial charge in [0.05, 0.1) is 6.04 Å². The zero-order valence-corrected chi connectivity index (χ0v) is 15.8. The molecule has 2 rings (SSSR count). The Morgan fingerprint density at radius 3 is 2.36 bits per heavy atom. The van der Waals surface area contributed by atoms with E-state index >= 15 is 0 Å². The maximum atomic E-state index is 12.8. The van der Waals surface area contributed by atoms with Gasteiger partial charge >= 0.3 is 6.03 Å². The van der Waals surface area contributed by atoms with E-state index in [1.54, 1.807) is 0 Å². The normalized spacial score (nSPS) is 17.2. The number of primary amides is 1. The molecule has 1 heterocycles. The molecule has 0 aliphatic carbocycles. The van der Waals surface area contributed by atoms with Gasteiger partial charge in [-0.2, -0.15) is 0 Å². The highest BCUT2D eigenvalue weighted by Crippen LogP contribution is 2.34. The van der Waals surface area contributed by atoms with Gasteiger partial charge in [0.25, 0.3) is 0 Å². The fraction of sp³-hybridized carbons (Fsp3) is 0.600. The first-order valence-electron chi connectivity index (χ1n) is 9.07. The van der Waals surface area contributed by atoms with E-state index in [4.69, 9.17) is 5.73 Å². The Labute approximate surface area is 151 Å². The number of aryl methyl sites for hydroxylation is 1. The molecule has 138 valence electrons. The highest BCUT2D eigenvalue weighted by atomic mass is 16.2. The lowest BCUT2D eigenvalue weighted by molar-refractivity contribution is -0.119. The Bertz CT molecular complexity index is 614. The number of likely N-dealkylation sites (tertiary alicyclic amines) is 1. The minimum Gasteiger partial charge on any atom is -0.370 e. The lowest BCUT2D eigenvalue weighted by Gasteiger charge is -2.37. The van der Waals surface area contributed by atoms with Crippen molar-refractivity contribution in [3.05, 3.63) is 35.4 Å². The number of rotatable bonds is 4. The Morgan fingerprint density at radius 1 is 1.24 bits per heavy atom. The molecule has 0 spiro atoms. The Morgan fingerprint density at radius 2 is 1.84 bits per heavy atom. The van der Waals surface area contributed by atoms with Gasteiger partial charge in [-0.15, -0.1) is 0 Å². The van der Waals surface area contributed by atoms with Gasteiger partial charge in [-0.05, 0) is 42.2 Å². The molecule has 0 aromatic heterocycles. The standard InChI is InChI=1S/C20H31N3O2/c1-14-7-5-6-8-16(14)18(20(2,3)4)22-19(25)23-11-9-15(10-12-23)13-17(21)24/h5-8,15,18H,9-13H2,1-4H3,(H2,21,24)(H,22,25)/t18-/m1/s1. The maximum absolute atomic E-state index is 12.8.